The van der Waals surface area contributed by atoms with Gasteiger partial charge in [-0.3, -0.25) is 19.6 Å². The summed E-state index contributed by atoms with van der Waals surface area (Å²) >= 11 is 0. The summed E-state index contributed by atoms with van der Waals surface area (Å²) in [4.78, 5) is 21.9. The average molecular weight is 314 g/mol. The number of nitro groups is 1. The molecule has 0 fully saturated rings. The van der Waals surface area contributed by atoms with E-state index in [-0.39, 0.29) is 11.6 Å². The van der Waals surface area contributed by atoms with E-state index in [1.54, 1.807) is 18.2 Å². The third-order valence-corrected chi connectivity index (χ3v) is 3.15. The van der Waals surface area contributed by atoms with E-state index in [9.17, 15) is 14.9 Å². The third kappa shape index (κ3) is 5.39. The van der Waals surface area contributed by atoms with Gasteiger partial charge in [-0.25, -0.2) is 0 Å². The van der Waals surface area contributed by atoms with E-state index in [1.165, 1.54) is 18.2 Å². The molecule has 1 aromatic carbocycles. The number of benzene rings is 1. The number of carbonyl (C=O) groups is 1. The summed E-state index contributed by atoms with van der Waals surface area (Å²) < 4.78 is 1.83. The largest absolute Gasteiger partial charge is 0.352 e. The number of nitrogens with one attached hydrogen (secondary N) is 1. The van der Waals surface area contributed by atoms with Crippen molar-refractivity contribution >= 4 is 17.7 Å². The first-order valence-electron chi connectivity index (χ1n) is 7.25. The van der Waals surface area contributed by atoms with Gasteiger partial charge in [0, 0.05) is 37.5 Å². The molecule has 23 heavy (non-hydrogen) atoms. The molecule has 0 aliphatic rings. The fourth-order valence-electron chi connectivity index (χ4n) is 2.01. The SMILES string of the molecule is Cc1ccn(CCCNC(=O)/C=C/c2cccc([N+](=O)[O-])c2)n1. The van der Waals surface area contributed by atoms with Gasteiger partial charge in [0.1, 0.15) is 0 Å². The minimum Gasteiger partial charge on any atom is -0.352 e. The van der Waals surface area contributed by atoms with Gasteiger partial charge in [0.2, 0.25) is 5.91 Å². The Kier molecular flexibility index (Phi) is 5.62. The summed E-state index contributed by atoms with van der Waals surface area (Å²) in [5, 5.41) is 17.7. The maximum absolute atomic E-state index is 11.7. The van der Waals surface area contributed by atoms with Gasteiger partial charge in [-0.2, -0.15) is 5.10 Å². The number of non-ortho nitro benzene ring substituents is 1. The number of amides is 1. The summed E-state index contributed by atoms with van der Waals surface area (Å²) in [5.41, 5.74) is 1.58. The fraction of sp³-hybridized carbons (Fsp3) is 0.250. The number of aromatic nitrogens is 2. The molecule has 1 aromatic heterocycles. The monoisotopic (exact) mass is 314 g/mol. The summed E-state index contributed by atoms with van der Waals surface area (Å²) in [6.07, 6.45) is 5.60. The molecule has 1 heterocycles. The average Bonchev–Trinajstić information content (AvgIpc) is 2.95. The maximum atomic E-state index is 11.7. The lowest BCUT2D eigenvalue weighted by molar-refractivity contribution is -0.384. The second-order valence-electron chi connectivity index (χ2n) is 5.05. The molecule has 7 heteroatoms. The van der Waals surface area contributed by atoms with Crippen LogP contribution >= 0.6 is 0 Å². The molecule has 0 bridgehead atoms. The van der Waals surface area contributed by atoms with Gasteiger partial charge in [-0.1, -0.05) is 12.1 Å². The van der Waals surface area contributed by atoms with Gasteiger partial charge in [0.15, 0.2) is 0 Å². The molecule has 0 saturated carbocycles. The van der Waals surface area contributed by atoms with Crippen molar-refractivity contribution in [2.24, 2.45) is 0 Å². The van der Waals surface area contributed by atoms with E-state index < -0.39 is 4.92 Å². The molecule has 120 valence electrons. The van der Waals surface area contributed by atoms with Crippen LogP contribution in [0.2, 0.25) is 0 Å². The highest BCUT2D eigenvalue weighted by Crippen LogP contribution is 2.13. The van der Waals surface area contributed by atoms with Crippen molar-refractivity contribution in [2.45, 2.75) is 19.9 Å². The number of rotatable bonds is 7. The number of nitrogens with zero attached hydrogens (tertiary/aromatic N) is 3. The van der Waals surface area contributed by atoms with Gasteiger partial charge in [0.25, 0.3) is 5.69 Å². The Bertz CT molecular complexity index is 722. The highest BCUT2D eigenvalue weighted by atomic mass is 16.6. The van der Waals surface area contributed by atoms with E-state index in [0.29, 0.717) is 12.1 Å². The maximum Gasteiger partial charge on any atom is 0.270 e. The first-order chi connectivity index (χ1) is 11.0. The van der Waals surface area contributed by atoms with Crippen molar-refractivity contribution in [3.63, 3.8) is 0 Å². The molecule has 0 aliphatic heterocycles. The van der Waals surface area contributed by atoms with E-state index >= 15 is 0 Å². The second-order valence-corrected chi connectivity index (χ2v) is 5.05. The van der Waals surface area contributed by atoms with Crippen LogP contribution in [-0.4, -0.2) is 27.2 Å². The molecule has 0 aliphatic carbocycles. The molecule has 0 spiro atoms. The van der Waals surface area contributed by atoms with Gasteiger partial charge in [0.05, 0.1) is 10.6 Å². The summed E-state index contributed by atoms with van der Waals surface area (Å²) in [5.74, 6) is -0.229. The van der Waals surface area contributed by atoms with E-state index in [4.69, 9.17) is 0 Å². The van der Waals surface area contributed by atoms with E-state index in [1.807, 2.05) is 23.9 Å². The van der Waals surface area contributed by atoms with Crippen molar-refractivity contribution in [1.82, 2.24) is 15.1 Å². The Morgan fingerprint density at radius 1 is 1.43 bits per heavy atom. The first kappa shape index (κ1) is 16.4. The standard InChI is InChI=1S/C16H18N4O3/c1-13-8-11-19(18-13)10-3-9-17-16(21)7-6-14-4-2-5-15(12-14)20(22)23/h2,4-8,11-12H,3,9-10H2,1H3,(H,17,21)/b7-6+. The van der Waals surface area contributed by atoms with E-state index in [0.717, 1.165) is 18.7 Å². The Hall–Kier alpha value is -2.96. The molecule has 2 rings (SSSR count). The van der Waals surface area contributed by atoms with Crippen molar-refractivity contribution in [3.05, 3.63) is 64.0 Å². The van der Waals surface area contributed by atoms with Gasteiger partial charge >= 0.3 is 0 Å². The second kappa shape index (κ2) is 7.88. The van der Waals surface area contributed by atoms with Crippen molar-refractivity contribution in [3.8, 4) is 0 Å². The molecule has 2 aromatic rings. The zero-order chi connectivity index (χ0) is 16.7. The minimum absolute atomic E-state index is 0.00192. The minimum atomic E-state index is -0.464. The van der Waals surface area contributed by atoms with Crippen LogP contribution in [0.4, 0.5) is 5.69 Å². The van der Waals surface area contributed by atoms with Crippen LogP contribution in [0.15, 0.2) is 42.6 Å². The summed E-state index contributed by atoms with van der Waals surface area (Å²) in [6.45, 7) is 3.21. The quantitative estimate of drug-likeness (QED) is 0.367. The van der Waals surface area contributed by atoms with Crippen molar-refractivity contribution in [2.75, 3.05) is 6.54 Å². The Labute approximate surface area is 133 Å². The topological polar surface area (TPSA) is 90.1 Å². The molecule has 1 N–H and O–H groups in total. The van der Waals surface area contributed by atoms with Crippen molar-refractivity contribution < 1.29 is 9.72 Å². The molecule has 7 nitrogen and oxygen atoms in total. The lowest BCUT2D eigenvalue weighted by Crippen LogP contribution is -2.23. The number of aryl methyl sites for hydroxylation is 2. The van der Waals surface area contributed by atoms with E-state index in [2.05, 4.69) is 10.4 Å². The molecule has 0 radical (unpaired) electrons. The number of hydrogen-bond acceptors (Lipinski definition) is 4. The van der Waals surface area contributed by atoms with Crippen LogP contribution in [0.5, 0.6) is 0 Å². The lowest BCUT2D eigenvalue weighted by Gasteiger charge is -2.03. The highest BCUT2D eigenvalue weighted by Gasteiger charge is 2.04. The van der Waals surface area contributed by atoms with Gasteiger partial charge in [-0.05, 0) is 31.1 Å². The van der Waals surface area contributed by atoms with Crippen LogP contribution in [0.25, 0.3) is 6.08 Å². The third-order valence-electron chi connectivity index (χ3n) is 3.15. The zero-order valence-electron chi connectivity index (χ0n) is 12.8. The van der Waals surface area contributed by atoms with Crippen molar-refractivity contribution in [1.29, 1.82) is 0 Å². The molecule has 0 saturated heterocycles. The molecule has 0 unspecified atom stereocenters. The van der Waals surface area contributed by atoms with Crippen LogP contribution in [0.1, 0.15) is 17.7 Å². The van der Waals surface area contributed by atoms with Crippen LogP contribution < -0.4 is 5.32 Å². The Balaban J connectivity index is 1.75. The molecular formula is C16H18N4O3. The fourth-order valence-corrected chi connectivity index (χ4v) is 2.01. The summed E-state index contributed by atoms with van der Waals surface area (Å²) in [7, 11) is 0. The van der Waals surface area contributed by atoms with Crippen LogP contribution in [0, 0.1) is 17.0 Å². The normalized spacial score (nSPS) is 10.8. The highest BCUT2D eigenvalue weighted by molar-refractivity contribution is 5.91. The Morgan fingerprint density at radius 2 is 2.26 bits per heavy atom. The van der Waals surface area contributed by atoms with Gasteiger partial charge < -0.3 is 5.32 Å². The predicted molar refractivity (Wildman–Crippen MR) is 86.7 cm³/mol. The smallest absolute Gasteiger partial charge is 0.270 e. The number of carbonyl (C=O) groups excluding carboxylic acids is 1. The van der Waals surface area contributed by atoms with Crippen LogP contribution in [0.3, 0.4) is 0 Å². The lowest BCUT2D eigenvalue weighted by atomic mass is 10.2. The van der Waals surface area contributed by atoms with Crippen LogP contribution in [-0.2, 0) is 11.3 Å². The number of nitro benzene ring substituents is 1. The number of hydrogen-bond donors (Lipinski definition) is 1. The molecular weight excluding hydrogens is 296 g/mol. The molecule has 0 atom stereocenters. The zero-order valence-corrected chi connectivity index (χ0v) is 12.8. The first-order valence-corrected chi connectivity index (χ1v) is 7.25. The molecule has 1 amide bonds. The summed E-state index contributed by atoms with van der Waals surface area (Å²) in [6, 6.07) is 8.05. The predicted octanol–water partition coefficient (Wildman–Crippen LogP) is 2.32. The van der Waals surface area contributed by atoms with Gasteiger partial charge in [-0.15, -0.1) is 0 Å². The Morgan fingerprint density at radius 3 is 2.96 bits per heavy atom.